The standard InChI is InChI=1S/C32H29F3N6O3/c33-32(34,35)20-40-26-14-8-7-13-24(26)27(22-9-3-1-4-10-22)36-28(30(40)43)37-31(44)39-17-15-21(16-18-39)25-19-41(38-29(25)42)23-11-5-2-6-12-23/h1-14,19,21,28H,15-18,20H2,(H,37,44)(H,38,42)/t28-/m0/s1. The monoisotopic (exact) mass is 602 g/mol. The number of rotatable bonds is 5. The summed E-state index contributed by atoms with van der Waals surface area (Å²) in [6, 6.07) is 23.8. The third-order valence-electron chi connectivity index (χ3n) is 7.86. The Labute approximate surface area is 250 Å². The molecule has 4 aromatic rings. The average molecular weight is 603 g/mol. The van der Waals surface area contributed by atoms with Gasteiger partial charge in [-0.3, -0.25) is 24.3 Å². The molecule has 6 rings (SSSR count). The van der Waals surface area contributed by atoms with Gasteiger partial charge < -0.3 is 10.2 Å². The normalized spacial score (nSPS) is 17.6. The Morgan fingerprint density at radius 1 is 0.909 bits per heavy atom. The van der Waals surface area contributed by atoms with Crippen LogP contribution in [0.5, 0.6) is 0 Å². The van der Waals surface area contributed by atoms with Crippen LogP contribution in [0.1, 0.15) is 35.4 Å². The number of piperidine rings is 1. The van der Waals surface area contributed by atoms with Gasteiger partial charge in [-0.25, -0.2) is 9.79 Å². The lowest BCUT2D eigenvalue weighted by molar-refractivity contribution is -0.133. The number of carbonyl (C=O) groups excluding carboxylic acids is 2. The zero-order chi connectivity index (χ0) is 30.8. The van der Waals surface area contributed by atoms with Crippen molar-refractivity contribution in [2.75, 3.05) is 24.5 Å². The molecule has 12 heteroatoms. The number of halogens is 3. The molecular formula is C32H29F3N6O3. The van der Waals surface area contributed by atoms with E-state index in [9.17, 15) is 27.6 Å². The molecule has 44 heavy (non-hydrogen) atoms. The number of benzene rings is 3. The number of para-hydroxylation sites is 2. The molecule has 0 spiro atoms. The lowest BCUT2D eigenvalue weighted by Gasteiger charge is -2.32. The smallest absolute Gasteiger partial charge is 0.325 e. The molecule has 0 radical (unpaired) electrons. The summed E-state index contributed by atoms with van der Waals surface area (Å²) < 4.78 is 42.7. The topological polar surface area (TPSA) is 103 Å². The molecule has 0 aliphatic carbocycles. The molecule has 1 atom stereocenters. The average Bonchev–Trinajstić information content (AvgIpc) is 3.39. The number of benzodiazepines with no additional fused rings is 1. The van der Waals surface area contributed by atoms with Crippen molar-refractivity contribution in [1.29, 1.82) is 0 Å². The zero-order valence-electron chi connectivity index (χ0n) is 23.5. The van der Waals surface area contributed by atoms with Gasteiger partial charge in [0.1, 0.15) is 6.54 Å². The lowest BCUT2D eigenvalue weighted by Crippen LogP contribution is -2.54. The first-order valence-electron chi connectivity index (χ1n) is 14.2. The van der Waals surface area contributed by atoms with Gasteiger partial charge in [0.25, 0.3) is 11.5 Å². The summed E-state index contributed by atoms with van der Waals surface area (Å²) in [7, 11) is 0. The molecule has 0 saturated carbocycles. The van der Waals surface area contributed by atoms with E-state index in [1.165, 1.54) is 11.0 Å². The number of anilines is 1. The Morgan fingerprint density at radius 2 is 1.55 bits per heavy atom. The van der Waals surface area contributed by atoms with Crippen molar-refractivity contribution < 1.29 is 22.8 Å². The van der Waals surface area contributed by atoms with E-state index in [-0.39, 0.29) is 30.3 Å². The van der Waals surface area contributed by atoms with E-state index < -0.39 is 30.8 Å². The fourth-order valence-corrected chi connectivity index (χ4v) is 5.72. The van der Waals surface area contributed by atoms with Crippen LogP contribution in [0.3, 0.4) is 0 Å². The maximum atomic E-state index is 13.7. The van der Waals surface area contributed by atoms with E-state index in [0.717, 1.165) is 5.69 Å². The van der Waals surface area contributed by atoms with Gasteiger partial charge in [0.05, 0.1) is 17.1 Å². The van der Waals surface area contributed by atoms with Crippen LogP contribution >= 0.6 is 0 Å². The van der Waals surface area contributed by atoms with Gasteiger partial charge in [-0.05, 0) is 37.0 Å². The number of nitrogens with zero attached hydrogens (tertiary/aromatic N) is 4. The van der Waals surface area contributed by atoms with Gasteiger partial charge in [0.2, 0.25) is 6.17 Å². The molecule has 3 aromatic carbocycles. The van der Waals surface area contributed by atoms with Crippen molar-refractivity contribution in [2.45, 2.75) is 31.1 Å². The van der Waals surface area contributed by atoms with Crippen LogP contribution in [-0.4, -0.2) is 64.3 Å². The first-order chi connectivity index (χ1) is 21.2. The lowest BCUT2D eigenvalue weighted by atomic mass is 9.91. The molecule has 2 aliphatic heterocycles. The van der Waals surface area contributed by atoms with Crippen molar-refractivity contribution in [3.63, 3.8) is 0 Å². The van der Waals surface area contributed by atoms with E-state index in [2.05, 4.69) is 15.4 Å². The maximum Gasteiger partial charge on any atom is 0.406 e. The molecule has 3 heterocycles. The molecule has 2 aliphatic rings. The van der Waals surface area contributed by atoms with Gasteiger partial charge in [-0.2, -0.15) is 13.2 Å². The minimum absolute atomic E-state index is 0.0580. The van der Waals surface area contributed by atoms with Crippen LogP contribution in [0.4, 0.5) is 23.7 Å². The van der Waals surface area contributed by atoms with Crippen LogP contribution in [0, 0.1) is 0 Å². The summed E-state index contributed by atoms with van der Waals surface area (Å²) in [6.45, 7) is -0.959. The number of alkyl halides is 3. The SMILES string of the molecule is O=C(N[C@@H]1N=C(c2ccccc2)c2ccccc2N(CC(F)(F)F)C1=O)N1CCC(c2cn(-c3ccccc3)[nH]c2=O)CC1. The van der Waals surface area contributed by atoms with Crippen LogP contribution in [0.15, 0.2) is 101 Å². The van der Waals surface area contributed by atoms with Gasteiger partial charge in [-0.15, -0.1) is 0 Å². The Morgan fingerprint density at radius 3 is 2.23 bits per heavy atom. The van der Waals surface area contributed by atoms with E-state index in [1.807, 2.05) is 30.3 Å². The van der Waals surface area contributed by atoms with Gasteiger partial charge in [-0.1, -0.05) is 66.7 Å². The zero-order valence-corrected chi connectivity index (χ0v) is 23.5. The van der Waals surface area contributed by atoms with Gasteiger partial charge in [0, 0.05) is 36.0 Å². The summed E-state index contributed by atoms with van der Waals surface area (Å²) in [5.41, 5.74) is 2.53. The van der Waals surface area contributed by atoms with Crippen molar-refractivity contribution in [3.05, 3.63) is 118 Å². The summed E-state index contributed by atoms with van der Waals surface area (Å²) >= 11 is 0. The molecule has 1 saturated heterocycles. The number of carbonyl (C=O) groups is 2. The number of hydrogen-bond acceptors (Lipinski definition) is 4. The number of hydrogen-bond donors (Lipinski definition) is 2. The second-order valence-electron chi connectivity index (χ2n) is 10.7. The van der Waals surface area contributed by atoms with E-state index >= 15 is 0 Å². The molecule has 1 aromatic heterocycles. The van der Waals surface area contributed by atoms with Crippen molar-refractivity contribution in [3.8, 4) is 5.69 Å². The second-order valence-corrected chi connectivity index (χ2v) is 10.7. The van der Waals surface area contributed by atoms with E-state index in [4.69, 9.17) is 0 Å². The molecule has 226 valence electrons. The summed E-state index contributed by atoms with van der Waals surface area (Å²) in [5, 5.41) is 5.42. The van der Waals surface area contributed by atoms with Gasteiger partial charge in [0.15, 0.2) is 0 Å². The number of aromatic nitrogens is 2. The molecule has 2 N–H and O–H groups in total. The van der Waals surface area contributed by atoms with E-state index in [0.29, 0.717) is 40.1 Å². The fraction of sp³-hybridized carbons (Fsp3) is 0.250. The van der Waals surface area contributed by atoms with Crippen molar-refractivity contribution in [2.24, 2.45) is 4.99 Å². The maximum absolute atomic E-state index is 13.7. The van der Waals surface area contributed by atoms with Crippen molar-refractivity contribution in [1.82, 2.24) is 20.0 Å². The molecule has 0 bridgehead atoms. The third-order valence-corrected chi connectivity index (χ3v) is 7.86. The number of amides is 3. The summed E-state index contributed by atoms with van der Waals surface area (Å²) in [5.74, 6) is -1.08. The number of H-pyrrole nitrogens is 1. The van der Waals surface area contributed by atoms with Crippen LogP contribution in [0.2, 0.25) is 0 Å². The third kappa shape index (κ3) is 6.01. The molecular weight excluding hydrogens is 573 g/mol. The number of urea groups is 1. The largest absolute Gasteiger partial charge is 0.406 e. The number of fused-ring (bicyclic) bond motifs is 1. The van der Waals surface area contributed by atoms with Crippen LogP contribution in [0.25, 0.3) is 5.69 Å². The Bertz CT molecular complexity index is 1740. The van der Waals surface area contributed by atoms with Gasteiger partial charge >= 0.3 is 12.2 Å². The highest BCUT2D eigenvalue weighted by Crippen LogP contribution is 2.31. The minimum atomic E-state index is -4.69. The van der Waals surface area contributed by atoms with Crippen LogP contribution in [-0.2, 0) is 4.79 Å². The Kier molecular flexibility index (Phi) is 7.81. The number of likely N-dealkylation sites (tertiary alicyclic amines) is 1. The predicted molar refractivity (Wildman–Crippen MR) is 159 cm³/mol. The molecule has 1 fully saturated rings. The number of aliphatic imine (C=N–C) groups is 1. The highest BCUT2D eigenvalue weighted by molar-refractivity contribution is 6.20. The molecule has 3 amide bonds. The Balaban J connectivity index is 1.22. The fourth-order valence-electron chi connectivity index (χ4n) is 5.72. The Hall–Kier alpha value is -5.13. The van der Waals surface area contributed by atoms with Crippen molar-refractivity contribution >= 4 is 23.3 Å². The first kappa shape index (κ1) is 29.0. The first-order valence-corrected chi connectivity index (χ1v) is 14.2. The predicted octanol–water partition coefficient (Wildman–Crippen LogP) is 4.83. The highest BCUT2D eigenvalue weighted by Gasteiger charge is 2.40. The molecule has 9 nitrogen and oxygen atoms in total. The molecule has 0 unspecified atom stereocenters. The number of nitrogens with one attached hydrogen (secondary N) is 2. The minimum Gasteiger partial charge on any atom is -0.325 e. The number of aromatic amines is 1. The summed E-state index contributed by atoms with van der Waals surface area (Å²) in [4.78, 5) is 46.4. The summed E-state index contributed by atoms with van der Waals surface area (Å²) in [6.07, 6.45) is -3.51. The second kappa shape index (κ2) is 11.9. The highest BCUT2D eigenvalue weighted by atomic mass is 19.4. The van der Waals surface area contributed by atoms with Crippen LogP contribution < -0.4 is 15.8 Å². The quantitative estimate of drug-likeness (QED) is 0.342. The van der Waals surface area contributed by atoms with E-state index in [1.54, 1.807) is 59.4 Å².